The molecule has 4 heteroatoms. The molecule has 1 N–H and O–H groups in total. The molecule has 3 nitrogen and oxygen atoms in total. The molecule has 0 aliphatic rings. The summed E-state index contributed by atoms with van der Waals surface area (Å²) in [5.41, 5.74) is 1.45. The summed E-state index contributed by atoms with van der Waals surface area (Å²) in [5.74, 6) is 1.76. The van der Waals surface area contributed by atoms with Gasteiger partial charge in [0.2, 0.25) is 0 Å². The number of aryl methyl sites for hydroxylation is 1. The maximum atomic E-state index is 5.45. The third kappa shape index (κ3) is 4.69. The van der Waals surface area contributed by atoms with E-state index in [0.717, 1.165) is 35.4 Å². The molecule has 0 atom stereocenters. The summed E-state index contributed by atoms with van der Waals surface area (Å²) >= 11 is 3.48. The van der Waals surface area contributed by atoms with Crippen LogP contribution in [0.1, 0.15) is 25.8 Å². The van der Waals surface area contributed by atoms with Crippen LogP contribution in [0.25, 0.3) is 0 Å². The molecular weight excluding hydrogens is 306 g/mol. The van der Waals surface area contributed by atoms with Crippen molar-refractivity contribution >= 4 is 15.9 Å². The summed E-state index contributed by atoms with van der Waals surface area (Å²) in [5, 5.41) is 3.24. The molecule has 108 valence electrons. The zero-order chi connectivity index (χ0) is 14.5. The Bertz CT molecular complexity index is 419. The van der Waals surface area contributed by atoms with Gasteiger partial charge in [-0.1, -0.05) is 13.8 Å². The first-order valence-corrected chi connectivity index (χ1v) is 7.28. The fourth-order valence-electron chi connectivity index (χ4n) is 2.16. The molecule has 19 heavy (non-hydrogen) atoms. The van der Waals surface area contributed by atoms with Crippen LogP contribution in [0.2, 0.25) is 0 Å². The largest absolute Gasteiger partial charge is 0.496 e. The Morgan fingerprint density at radius 3 is 2.32 bits per heavy atom. The molecule has 1 rings (SSSR count). The predicted octanol–water partition coefficient (Wildman–Crippen LogP) is 3.64. The number of hydrogen-bond acceptors (Lipinski definition) is 3. The summed E-state index contributed by atoms with van der Waals surface area (Å²) < 4.78 is 11.7. The Kier molecular flexibility index (Phi) is 6.14. The van der Waals surface area contributed by atoms with Gasteiger partial charge in [0.05, 0.1) is 18.7 Å². The summed E-state index contributed by atoms with van der Waals surface area (Å²) in [4.78, 5) is 0. The van der Waals surface area contributed by atoms with Crippen molar-refractivity contribution in [2.75, 3.05) is 27.8 Å². The second-order valence-electron chi connectivity index (χ2n) is 5.49. The number of benzene rings is 1. The molecule has 0 aliphatic heterocycles. The van der Waals surface area contributed by atoms with Crippen LogP contribution >= 0.6 is 15.9 Å². The van der Waals surface area contributed by atoms with Crippen LogP contribution in [-0.4, -0.2) is 27.8 Å². The smallest absolute Gasteiger partial charge is 0.133 e. The second-order valence-corrected chi connectivity index (χ2v) is 6.35. The van der Waals surface area contributed by atoms with Crippen molar-refractivity contribution in [3.05, 3.63) is 22.2 Å². The first-order chi connectivity index (χ1) is 8.93. The van der Waals surface area contributed by atoms with Crippen molar-refractivity contribution in [1.82, 2.24) is 5.32 Å². The van der Waals surface area contributed by atoms with E-state index in [1.165, 1.54) is 5.56 Å². The third-order valence-corrected chi connectivity index (χ3v) is 3.90. The Labute approximate surface area is 124 Å². The zero-order valence-corrected chi connectivity index (χ0v) is 14.1. The van der Waals surface area contributed by atoms with E-state index in [9.17, 15) is 0 Å². The predicted molar refractivity (Wildman–Crippen MR) is 83.3 cm³/mol. The number of ether oxygens (including phenoxy) is 2. The van der Waals surface area contributed by atoms with Gasteiger partial charge < -0.3 is 14.8 Å². The van der Waals surface area contributed by atoms with Crippen molar-refractivity contribution < 1.29 is 9.47 Å². The zero-order valence-electron chi connectivity index (χ0n) is 12.5. The minimum atomic E-state index is 0.264. The van der Waals surface area contributed by atoms with Crippen LogP contribution in [-0.2, 0) is 6.42 Å². The van der Waals surface area contributed by atoms with E-state index in [1.54, 1.807) is 14.2 Å². The first kappa shape index (κ1) is 16.3. The van der Waals surface area contributed by atoms with E-state index in [1.807, 2.05) is 13.1 Å². The molecule has 0 aromatic heterocycles. The van der Waals surface area contributed by atoms with Crippen LogP contribution in [0.5, 0.6) is 11.5 Å². The highest BCUT2D eigenvalue weighted by Gasteiger charge is 2.18. The van der Waals surface area contributed by atoms with E-state index < -0.39 is 0 Å². The highest BCUT2D eigenvalue weighted by atomic mass is 79.9. The van der Waals surface area contributed by atoms with Gasteiger partial charge in [-0.3, -0.25) is 0 Å². The second kappa shape index (κ2) is 7.15. The Morgan fingerprint density at radius 1 is 1.16 bits per heavy atom. The van der Waals surface area contributed by atoms with Crippen molar-refractivity contribution in [1.29, 1.82) is 0 Å². The molecule has 0 saturated carbocycles. The molecule has 0 amide bonds. The lowest BCUT2D eigenvalue weighted by Crippen LogP contribution is -2.27. The van der Waals surface area contributed by atoms with Crippen molar-refractivity contribution in [3.8, 4) is 11.5 Å². The number of hydrogen-bond donors (Lipinski definition) is 1. The Balaban J connectivity index is 2.87. The van der Waals surface area contributed by atoms with E-state index in [4.69, 9.17) is 9.47 Å². The van der Waals surface area contributed by atoms with Gasteiger partial charge in [0.15, 0.2) is 0 Å². The van der Waals surface area contributed by atoms with Gasteiger partial charge >= 0.3 is 0 Å². The van der Waals surface area contributed by atoms with Crippen LogP contribution in [0.3, 0.4) is 0 Å². The normalized spacial score (nSPS) is 11.5. The molecule has 0 unspecified atom stereocenters. The monoisotopic (exact) mass is 329 g/mol. The molecular formula is C15H24BrNO2. The minimum absolute atomic E-state index is 0.264. The van der Waals surface area contributed by atoms with E-state index in [-0.39, 0.29) is 5.41 Å². The van der Waals surface area contributed by atoms with Crippen LogP contribution < -0.4 is 14.8 Å². The van der Waals surface area contributed by atoms with Crippen LogP contribution in [0.4, 0.5) is 0 Å². The molecule has 0 aliphatic carbocycles. The van der Waals surface area contributed by atoms with Gasteiger partial charge in [-0.2, -0.15) is 0 Å². The highest BCUT2D eigenvalue weighted by Crippen LogP contribution is 2.34. The molecule has 1 aromatic carbocycles. The third-order valence-electron chi connectivity index (χ3n) is 3.28. The lowest BCUT2D eigenvalue weighted by molar-refractivity contribution is 0.321. The SMILES string of the molecule is CNCC(C)(C)CCc1cc(OC)c(Br)cc1OC. The fraction of sp³-hybridized carbons (Fsp3) is 0.600. The molecule has 0 fully saturated rings. The van der Waals surface area contributed by atoms with Gasteiger partial charge in [0.1, 0.15) is 11.5 Å². The molecule has 0 spiro atoms. The van der Waals surface area contributed by atoms with E-state index >= 15 is 0 Å². The van der Waals surface area contributed by atoms with E-state index in [0.29, 0.717) is 0 Å². The Hall–Kier alpha value is -0.740. The lowest BCUT2D eigenvalue weighted by atomic mass is 9.86. The fourth-order valence-corrected chi connectivity index (χ4v) is 2.64. The van der Waals surface area contributed by atoms with Crippen molar-refractivity contribution in [3.63, 3.8) is 0 Å². The molecule has 0 saturated heterocycles. The number of methoxy groups -OCH3 is 2. The van der Waals surface area contributed by atoms with Crippen LogP contribution in [0.15, 0.2) is 16.6 Å². The molecule has 0 radical (unpaired) electrons. The summed E-state index contributed by atoms with van der Waals surface area (Å²) in [7, 11) is 5.38. The quantitative estimate of drug-likeness (QED) is 0.828. The Morgan fingerprint density at radius 2 is 1.79 bits per heavy atom. The van der Waals surface area contributed by atoms with Gasteiger partial charge in [0, 0.05) is 0 Å². The molecule has 1 aromatic rings. The molecule has 0 heterocycles. The van der Waals surface area contributed by atoms with Gasteiger partial charge in [-0.15, -0.1) is 0 Å². The highest BCUT2D eigenvalue weighted by molar-refractivity contribution is 9.10. The average Bonchev–Trinajstić information content (AvgIpc) is 2.36. The average molecular weight is 330 g/mol. The van der Waals surface area contributed by atoms with Crippen molar-refractivity contribution in [2.24, 2.45) is 5.41 Å². The van der Waals surface area contributed by atoms with E-state index in [2.05, 4.69) is 41.2 Å². The maximum Gasteiger partial charge on any atom is 0.133 e. The maximum absolute atomic E-state index is 5.45. The van der Waals surface area contributed by atoms with Gasteiger partial charge in [0.25, 0.3) is 0 Å². The summed E-state index contributed by atoms with van der Waals surface area (Å²) in [6, 6.07) is 4.03. The number of nitrogens with one attached hydrogen (secondary N) is 1. The summed E-state index contributed by atoms with van der Waals surface area (Å²) in [6.07, 6.45) is 2.07. The van der Waals surface area contributed by atoms with Gasteiger partial charge in [-0.05, 0) is 65.5 Å². The van der Waals surface area contributed by atoms with Gasteiger partial charge in [-0.25, -0.2) is 0 Å². The summed E-state index contributed by atoms with van der Waals surface area (Å²) in [6.45, 7) is 5.54. The van der Waals surface area contributed by atoms with Crippen LogP contribution in [0, 0.1) is 5.41 Å². The minimum Gasteiger partial charge on any atom is -0.496 e. The standard InChI is InChI=1S/C15H24BrNO2/c1-15(2,10-17-3)7-6-11-8-14(19-5)12(16)9-13(11)18-4/h8-9,17H,6-7,10H2,1-5H3. The van der Waals surface area contributed by atoms with Crippen molar-refractivity contribution in [2.45, 2.75) is 26.7 Å². The first-order valence-electron chi connectivity index (χ1n) is 6.48. The topological polar surface area (TPSA) is 30.5 Å². The molecule has 0 bridgehead atoms. The number of rotatable bonds is 7. The number of halogens is 1. The lowest BCUT2D eigenvalue weighted by Gasteiger charge is -2.24.